The van der Waals surface area contributed by atoms with Crippen LogP contribution in [0.15, 0.2) is 30.6 Å². The van der Waals surface area contributed by atoms with Gasteiger partial charge in [-0.15, -0.1) is 10.2 Å². The van der Waals surface area contributed by atoms with Crippen LogP contribution in [0.25, 0.3) is 0 Å². The summed E-state index contributed by atoms with van der Waals surface area (Å²) < 4.78 is 1.92. The van der Waals surface area contributed by atoms with E-state index in [2.05, 4.69) is 27.6 Å². The summed E-state index contributed by atoms with van der Waals surface area (Å²) in [4.78, 5) is 14.1. The molecule has 2 aromatic rings. The molecule has 0 atom stereocenters. The SMILES string of the molecule is CCn1cnnc1CNC(=O)N1CCc2ccccc2C1. The predicted octanol–water partition coefficient (Wildman–Crippen LogP) is 1.57. The Hall–Kier alpha value is -2.37. The van der Waals surface area contributed by atoms with Gasteiger partial charge in [0, 0.05) is 19.6 Å². The van der Waals surface area contributed by atoms with E-state index in [-0.39, 0.29) is 6.03 Å². The van der Waals surface area contributed by atoms with E-state index in [1.54, 1.807) is 6.33 Å². The van der Waals surface area contributed by atoms with E-state index in [9.17, 15) is 4.79 Å². The van der Waals surface area contributed by atoms with Crippen LogP contribution in [-0.2, 0) is 26.1 Å². The zero-order chi connectivity index (χ0) is 14.7. The molecule has 1 aliphatic heterocycles. The molecule has 0 saturated heterocycles. The Bertz CT molecular complexity index is 636. The summed E-state index contributed by atoms with van der Waals surface area (Å²) in [5.41, 5.74) is 2.57. The molecule has 6 nitrogen and oxygen atoms in total. The first-order valence-corrected chi connectivity index (χ1v) is 7.24. The van der Waals surface area contributed by atoms with Crippen molar-refractivity contribution in [3.63, 3.8) is 0 Å². The normalized spacial score (nSPS) is 13.9. The minimum Gasteiger partial charge on any atom is -0.331 e. The van der Waals surface area contributed by atoms with Gasteiger partial charge >= 0.3 is 6.03 Å². The van der Waals surface area contributed by atoms with Gasteiger partial charge in [-0.1, -0.05) is 24.3 Å². The fourth-order valence-corrected chi connectivity index (χ4v) is 2.62. The van der Waals surface area contributed by atoms with Crippen LogP contribution in [-0.4, -0.2) is 32.2 Å². The highest BCUT2D eigenvalue weighted by molar-refractivity contribution is 5.74. The number of aryl methyl sites for hydroxylation is 1. The van der Waals surface area contributed by atoms with E-state index in [1.807, 2.05) is 28.5 Å². The number of carbonyl (C=O) groups excluding carboxylic acids is 1. The van der Waals surface area contributed by atoms with Crippen molar-refractivity contribution in [1.29, 1.82) is 0 Å². The fraction of sp³-hybridized carbons (Fsp3) is 0.400. The molecule has 1 aromatic carbocycles. The monoisotopic (exact) mass is 285 g/mol. The second-order valence-electron chi connectivity index (χ2n) is 5.13. The van der Waals surface area contributed by atoms with Crippen molar-refractivity contribution in [3.05, 3.63) is 47.5 Å². The van der Waals surface area contributed by atoms with E-state index < -0.39 is 0 Å². The van der Waals surface area contributed by atoms with E-state index in [1.165, 1.54) is 11.1 Å². The molecule has 0 saturated carbocycles. The molecule has 2 amide bonds. The number of benzene rings is 1. The summed E-state index contributed by atoms with van der Waals surface area (Å²) in [6, 6.07) is 8.24. The van der Waals surface area contributed by atoms with Crippen LogP contribution in [0.5, 0.6) is 0 Å². The lowest BCUT2D eigenvalue weighted by Gasteiger charge is -2.28. The molecule has 0 fully saturated rings. The highest BCUT2D eigenvalue weighted by atomic mass is 16.2. The molecule has 21 heavy (non-hydrogen) atoms. The number of aromatic nitrogens is 3. The van der Waals surface area contributed by atoms with E-state index >= 15 is 0 Å². The standard InChI is InChI=1S/C15H19N5O/c1-2-19-11-17-18-14(19)9-16-15(21)20-8-7-12-5-3-4-6-13(12)10-20/h3-6,11H,2,7-10H2,1H3,(H,16,21). The summed E-state index contributed by atoms with van der Waals surface area (Å²) in [6.07, 6.45) is 2.59. The smallest absolute Gasteiger partial charge is 0.318 e. The first kappa shape index (κ1) is 13.6. The topological polar surface area (TPSA) is 63.1 Å². The number of rotatable bonds is 3. The minimum atomic E-state index is -0.0462. The van der Waals surface area contributed by atoms with Crippen LogP contribution in [0.2, 0.25) is 0 Å². The zero-order valence-electron chi connectivity index (χ0n) is 12.1. The molecular weight excluding hydrogens is 266 g/mol. The Balaban J connectivity index is 1.60. The molecule has 0 spiro atoms. The largest absolute Gasteiger partial charge is 0.331 e. The van der Waals surface area contributed by atoms with E-state index in [0.29, 0.717) is 13.1 Å². The molecule has 0 bridgehead atoms. The lowest BCUT2D eigenvalue weighted by Crippen LogP contribution is -2.42. The Morgan fingerprint density at radius 2 is 2.14 bits per heavy atom. The van der Waals surface area contributed by atoms with E-state index in [0.717, 1.165) is 25.3 Å². The zero-order valence-corrected chi connectivity index (χ0v) is 12.1. The Kier molecular flexibility index (Phi) is 3.85. The molecule has 0 unspecified atom stereocenters. The summed E-state index contributed by atoms with van der Waals surface area (Å²) in [6.45, 7) is 4.65. The Morgan fingerprint density at radius 3 is 2.95 bits per heavy atom. The van der Waals surface area contributed by atoms with Crippen LogP contribution in [0, 0.1) is 0 Å². The van der Waals surface area contributed by atoms with Gasteiger partial charge in [-0.05, 0) is 24.5 Å². The minimum absolute atomic E-state index is 0.0462. The number of nitrogens with zero attached hydrogens (tertiary/aromatic N) is 4. The number of urea groups is 1. The highest BCUT2D eigenvalue weighted by Crippen LogP contribution is 2.18. The maximum atomic E-state index is 12.3. The molecular formula is C15H19N5O. The van der Waals surface area contributed by atoms with Gasteiger partial charge < -0.3 is 14.8 Å². The van der Waals surface area contributed by atoms with Crippen LogP contribution < -0.4 is 5.32 Å². The number of hydrogen-bond donors (Lipinski definition) is 1. The highest BCUT2D eigenvalue weighted by Gasteiger charge is 2.20. The first-order chi connectivity index (χ1) is 10.3. The predicted molar refractivity (Wildman–Crippen MR) is 78.5 cm³/mol. The van der Waals surface area contributed by atoms with Gasteiger partial charge in [-0.3, -0.25) is 0 Å². The van der Waals surface area contributed by atoms with Crippen molar-refractivity contribution in [1.82, 2.24) is 25.0 Å². The van der Waals surface area contributed by atoms with Gasteiger partial charge in [0.05, 0.1) is 6.54 Å². The number of hydrogen-bond acceptors (Lipinski definition) is 3. The maximum Gasteiger partial charge on any atom is 0.318 e. The first-order valence-electron chi connectivity index (χ1n) is 7.24. The maximum absolute atomic E-state index is 12.3. The third kappa shape index (κ3) is 2.89. The molecule has 1 N–H and O–H groups in total. The van der Waals surface area contributed by atoms with Crippen molar-refractivity contribution in [2.45, 2.75) is 33.0 Å². The number of nitrogens with one attached hydrogen (secondary N) is 1. The van der Waals surface area contributed by atoms with Gasteiger partial charge in [0.2, 0.25) is 0 Å². The van der Waals surface area contributed by atoms with Crippen LogP contribution in [0.3, 0.4) is 0 Å². The van der Waals surface area contributed by atoms with Crippen molar-refractivity contribution < 1.29 is 4.79 Å². The van der Waals surface area contributed by atoms with Gasteiger partial charge in [-0.25, -0.2) is 4.79 Å². The van der Waals surface area contributed by atoms with Crippen molar-refractivity contribution in [3.8, 4) is 0 Å². The Labute approximate surface area is 123 Å². The van der Waals surface area contributed by atoms with Crippen molar-refractivity contribution in [2.75, 3.05) is 6.54 Å². The summed E-state index contributed by atoms with van der Waals surface area (Å²) in [5, 5.41) is 10.8. The van der Waals surface area contributed by atoms with Gasteiger partial charge in [0.25, 0.3) is 0 Å². The second-order valence-corrected chi connectivity index (χ2v) is 5.13. The molecule has 2 heterocycles. The summed E-state index contributed by atoms with van der Waals surface area (Å²) in [7, 11) is 0. The number of amides is 2. The Morgan fingerprint density at radius 1 is 1.33 bits per heavy atom. The average Bonchev–Trinajstić information content (AvgIpc) is 2.99. The summed E-state index contributed by atoms with van der Waals surface area (Å²) >= 11 is 0. The lowest BCUT2D eigenvalue weighted by molar-refractivity contribution is 0.191. The van der Waals surface area contributed by atoms with Gasteiger partial charge in [0.1, 0.15) is 6.33 Å². The van der Waals surface area contributed by atoms with Gasteiger partial charge in [0.15, 0.2) is 5.82 Å². The molecule has 110 valence electrons. The van der Waals surface area contributed by atoms with E-state index in [4.69, 9.17) is 0 Å². The molecule has 3 rings (SSSR count). The number of fused-ring (bicyclic) bond motifs is 1. The fourth-order valence-electron chi connectivity index (χ4n) is 2.62. The van der Waals surface area contributed by atoms with Crippen molar-refractivity contribution >= 4 is 6.03 Å². The third-order valence-corrected chi connectivity index (χ3v) is 3.85. The molecule has 1 aromatic heterocycles. The molecule has 1 aliphatic rings. The van der Waals surface area contributed by atoms with Crippen LogP contribution >= 0.6 is 0 Å². The van der Waals surface area contributed by atoms with Crippen LogP contribution in [0.4, 0.5) is 4.79 Å². The molecule has 6 heteroatoms. The second kappa shape index (κ2) is 5.95. The average molecular weight is 285 g/mol. The van der Waals surface area contributed by atoms with Crippen LogP contribution in [0.1, 0.15) is 23.9 Å². The summed E-state index contributed by atoms with van der Waals surface area (Å²) in [5.74, 6) is 0.781. The van der Waals surface area contributed by atoms with Gasteiger partial charge in [-0.2, -0.15) is 0 Å². The van der Waals surface area contributed by atoms with Crippen molar-refractivity contribution in [2.24, 2.45) is 0 Å². The number of carbonyl (C=O) groups is 1. The lowest BCUT2D eigenvalue weighted by atomic mass is 10.0. The molecule has 0 aliphatic carbocycles. The molecule has 0 radical (unpaired) electrons. The quantitative estimate of drug-likeness (QED) is 0.931. The third-order valence-electron chi connectivity index (χ3n) is 3.85.